The molecule has 5 aromatic rings. The summed E-state index contributed by atoms with van der Waals surface area (Å²) in [6.45, 7) is 3.40. The molecule has 3 aromatic heterocycles. The number of hydrogen-bond donors (Lipinski definition) is 2. The summed E-state index contributed by atoms with van der Waals surface area (Å²) in [5.74, 6) is 0.984. The molecule has 3 N–H and O–H groups in total. The molecule has 0 saturated carbocycles. The number of aromatic nitrogens is 4. The number of pyridine rings is 2. The predicted octanol–water partition coefficient (Wildman–Crippen LogP) is 4.69. The second kappa shape index (κ2) is 10.0. The van der Waals surface area contributed by atoms with Gasteiger partial charge < -0.3 is 11.1 Å². The van der Waals surface area contributed by atoms with Crippen molar-refractivity contribution in [1.82, 2.24) is 19.5 Å². The molecule has 5 rings (SSSR count). The SMILES string of the molecule is CC(=O)Nc1cccc(CC(=O)Cc2ccc(-n3c(-c4cccnc4N)nc4ccc(C)nc43)cc2)c1. The Bertz CT molecular complexity index is 1620. The minimum absolute atomic E-state index is 0.0851. The van der Waals surface area contributed by atoms with E-state index in [9.17, 15) is 9.59 Å². The Labute approximate surface area is 214 Å². The van der Waals surface area contributed by atoms with Gasteiger partial charge in [0.05, 0.1) is 5.56 Å². The van der Waals surface area contributed by atoms with Gasteiger partial charge in [0, 0.05) is 43.0 Å². The van der Waals surface area contributed by atoms with Crippen molar-refractivity contribution in [2.75, 3.05) is 11.1 Å². The second-order valence-corrected chi connectivity index (χ2v) is 8.94. The Hall–Kier alpha value is -4.85. The van der Waals surface area contributed by atoms with E-state index < -0.39 is 0 Å². The van der Waals surface area contributed by atoms with Gasteiger partial charge in [-0.1, -0.05) is 24.3 Å². The normalized spacial score (nSPS) is 11.0. The van der Waals surface area contributed by atoms with E-state index in [4.69, 9.17) is 15.7 Å². The van der Waals surface area contributed by atoms with Crippen molar-refractivity contribution in [1.29, 1.82) is 0 Å². The monoisotopic (exact) mass is 490 g/mol. The van der Waals surface area contributed by atoms with Crippen LogP contribution in [0, 0.1) is 6.92 Å². The van der Waals surface area contributed by atoms with Gasteiger partial charge in [0.1, 0.15) is 17.1 Å². The van der Waals surface area contributed by atoms with E-state index in [1.54, 1.807) is 12.3 Å². The number of carbonyl (C=O) groups is 2. The van der Waals surface area contributed by atoms with Crippen molar-refractivity contribution < 1.29 is 9.59 Å². The molecule has 2 aromatic carbocycles. The summed E-state index contributed by atoms with van der Waals surface area (Å²) in [4.78, 5) is 37.9. The van der Waals surface area contributed by atoms with Gasteiger partial charge in [0.25, 0.3) is 0 Å². The topological polar surface area (TPSA) is 116 Å². The Morgan fingerprint density at radius 3 is 2.46 bits per heavy atom. The molecule has 0 atom stereocenters. The third-order valence-corrected chi connectivity index (χ3v) is 5.97. The third-order valence-electron chi connectivity index (χ3n) is 5.97. The number of nitrogens with zero attached hydrogens (tertiary/aromatic N) is 4. The highest BCUT2D eigenvalue weighted by Gasteiger charge is 2.18. The van der Waals surface area contributed by atoms with Crippen molar-refractivity contribution >= 4 is 34.4 Å². The van der Waals surface area contributed by atoms with Crippen LogP contribution >= 0.6 is 0 Å². The number of benzene rings is 2. The average molecular weight is 491 g/mol. The molecule has 37 heavy (non-hydrogen) atoms. The van der Waals surface area contributed by atoms with Gasteiger partial charge in [-0.15, -0.1) is 0 Å². The van der Waals surface area contributed by atoms with Crippen molar-refractivity contribution in [2.45, 2.75) is 26.7 Å². The van der Waals surface area contributed by atoms with Crippen LogP contribution in [0.1, 0.15) is 23.7 Å². The molecule has 0 radical (unpaired) electrons. The Morgan fingerprint density at radius 1 is 0.919 bits per heavy atom. The maximum atomic E-state index is 12.8. The highest BCUT2D eigenvalue weighted by Crippen LogP contribution is 2.30. The maximum absolute atomic E-state index is 12.8. The highest BCUT2D eigenvalue weighted by molar-refractivity contribution is 5.89. The Kier molecular flexibility index (Phi) is 6.47. The number of Topliss-reactive ketones (excluding diaryl/α,β-unsaturated/α-hetero) is 1. The number of carbonyl (C=O) groups excluding carboxylic acids is 2. The molecule has 0 bridgehead atoms. The standard InChI is InChI=1S/C29H26N6O2/c1-18-8-13-26-29(32-18)35(28(34-26)25-7-4-14-31-27(25)30)23-11-9-20(10-12-23)16-24(37)17-21-5-3-6-22(15-21)33-19(2)36/h3-15H,16-17H2,1-2H3,(H2,30,31)(H,33,36). The summed E-state index contributed by atoms with van der Waals surface area (Å²) >= 11 is 0. The number of aryl methyl sites for hydroxylation is 1. The average Bonchev–Trinajstić information content (AvgIpc) is 3.23. The number of ketones is 1. The van der Waals surface area contributed by atoms with Crippen LogP contribution in [0.4, 0.5) is 11.5 Å². The van der Waals surface area contributed by atoms with E-state index in [-0.39, 0.29) is 18.1 Å². The lowest BCUT2D eigenvalue weighted by molar-refractivity contribution is -0.117. The lowest BCUT2D eigenvalue weighted by atomic mass is 10.0. The zero-order valence-corrected chi connectivity index (χ0v) is 20.6. The van der Waals surface area contributed by atoms with Gasteiger partial charge >= 0.3 is 0 Å². The first-order valence-electron chi connectivity index (χ1n) is 11.9. The molecule has 0 unspecified atom stereocenters. The number of amides is 1. The van der Waals surface area contributed by atoms with Gasteiger partial charge in [-0.25, -0.2) is 15.0 Å². The molecule has 0 aliphatic carbocycles. The summed E-state index contributed by atoms with van der Waals surface area (Å²) in [5, 5.41) is 2.75. The molecular formula is C29H26N6O2. The first kappa shape index (κ1) is 23.9. The highest BCUT2D eigenvalue weighted by atomic mass is 16.1. The van der Waals surface area contributed by atoms with Gasteiger partial charge in [-0.05, 0) is 66.6 Å². The number of nitrogens with one attached hydrogen (secondary N) is 1. The fraction of sp³-hybridized carbons (Fsp3) is 0.138. The van der Waals surface area contributed by atoms with Crippen molar-refractivity contribution in [3.63, 3.8) is 0 Å². The number of anilines is 2. The van der Waals surface area contributed by atoms with Crippen LogP contribution in [0.5, 0.6) is 0 Å². The van der Waals surface area contributed by atoms with Gasteiger partial charge in [-0.3, -0.25) is 14.2 Å². The number of imidazole rings is 1. The summed E-state index contributed by atoms with van der Waals surface area (Å²) in [6, 6.07) is 22.7. The molecule has 8 nitrogen and oxygen atoms in total. The van der Waals surface area contributed by atoms with E-state index in [2.05, 4.69) is 10.3 Å². The van der Waals surface area contributed by atoms with Gasteiger partial charge in [0.2, 0.25) is 5.91 Å². The van der Waals surface area contributed by atoms with Crippen LogP contribution in [-0.2, 0) is 22.4 Å². The smallest absolute Gasteiger partial charge is 0.221 e. The lowest BCUT2D eigenvalue weighted by Gasteiger charge is -2.11. The third kappa shape index (κ3) is 5.23. The van der Waals surface area contributed by atoms with Crippen molar-refractivity contribution in [2.24, 2.45) is 0 Å². The molecule has 0 aliphatic heterocycles. The summed E-state index contributed by atoms with van der Waals surface area (Å²) < 4.78 is 1.97. The van der Waals surface area contributed by atoms with Crippen LogP contribution < -0.4 is 11.1 Å². The molecular weight excluding hydrogens is 464 g/mol. The molecule has 0 fully saturated rings. The van der Waals surface area contributed by atoms with Crippen LogP contribution in [0.2, 0.25) is 0 Å². The summed E-state index contributed by atoms with van der Waals surface area (Å²) in [5.41, 5.74) is 12.6. The summed E-state index contributed by atoms with van der Waals surface area (Å²) in [6.07, 6.45) is 2.24. The van der Waals surface area contributed by atoms with E-state index >= 15 is 0 Å². The quantitative estimate of drug-likeness (QED) is 0.342. The fourth-order valence-corrected chi connectivity index (χ4v) is 4.33. The molecule has 0 aliphatic rings. The lowest BCUT2D eigenvalue weighted by Crippen LogP contribution is -2.09. The molecule has 184 valence electrons. The summed E-state index contributed by atoms with van der Waals surface area (Å²) in [7, 11) is 0. The van der Waals surface area contributed by atoms with Crippen LogP contribution in [0.3, 0.4) is 0 Å². The fourth-order valence-electron chi connectivity index (χ4n) is 4.33. The van der Waals surface area contributed by atoms with Crippen LogP contribution in [0.15, 0.2) is 79.0 Å². The molecule has 8 heteroatoms. The number of nitrogen functional groups attached to an aromatic ring is 1. The minimum Gasteiger partial charge on any atom is -0.383 e. The Morgan fingerprint density at radius 2 is 1.70 bits per heavy atom. The van der Waals surface area contributed by atoms with E-state index in [1.807, 2.05) is 78.2 Å². The van der Waals surface area contributed by atoms with Crippen LogP contribution in [-0.4, -0.2) is 31.2 Å². The van der Waals surface area contributed by atoms with Crippen LogP contribution in [0.25, 0.3) is 28.2 Å². The second-order valence-electron chi connectivity index (χ2n) is 8.94. The minimum atomic E-state index is -0.144. The number of rotatable bonds is 7. The Balaban J connectivity index is 1.41. The predicted molar refractivity (Wildman–Crippen MR) is 144 cm³/mol. The van der Waals surface area contributed by atoms with Gasteiger partial charge in [-0.2, -0.15) is 0 Å². The van der Waals surface area contributed by atoms with Gasteiger partial charge in [0.15, 0.2) is 11.5 Å². The molecule has 0 saturated heterocycles. The largest absolute Gasteiger partial charge is 0.383 e. The number of nitrogens with two attached hydrogens (primary N) is 1. The van der Waals surface area contributed by atoms with Crippen molar-refractivity contribution in [3.8, 4) is 17.1 Å². The zero-order chi connectivity index (χ0) is 25.9. The first-order valence-corrected chi connectivity index (χ1v) is 11.9. The van der Waals surface area contributed by atoms with E-state index in [0.29, 0.717) is 23.8 Å². The molecule has 0 spiro atoms. The molecule has 3 heterocycles. The van der Waals surface area contributed by atoms with E-state index in [0.717, 1.165) is 39.2 Å². The number of hydrogen-bond acceptors (Lipinski definition) is 6. The van der Waals surface area contributed by atoms with E-state index in [1.165, 1.54) is 6.92 Å². The zero-order valence-electron chi connectivity index (χ0n) is 20.6. The first-order chi connectivity index (χ1) is 17.9. The maximum Gasteiger partial charge on any atom is 0.221 e. The van der Waals surface area contributed by atoms with Crippen molar-refractivity contribution in [3.05, 3.63) is 95.8 Å². The molecule has 1 amide bonds. The number of fused-ring (bicyclic) bond motifs is 1.